The summed E-state index contributed by atoms with van der Waals surface area (Å²) in [6.07, 6.45) is 3.61. The van der Waals surface area contributed by atoms with Crippen molar-refractivity contribution in [1.82, 2.24) is 15.1 Å². The van der Waals surface area contributed by atoms with Gasteiger partial charge in [-0.3, -0.25) is 14.5 Å². The molecule has 0 saturated carbocycles. The standard InChI is InChI=1S/C20H29N3O4S/c24-18-9-5-2-6-11-22(18)12-10-21-20(25)19(17-7-3-1-4-8-17)23-13-15-28(26,27)16-14-23/h1,3-4,7-8,19H,2,5-6,9-16H2,(H,21,25). The molecule has 0 aromatic heterocycles. The van der Waals surface area contributed by atoms with Crippen molar-refractivity contribution in [3.8, 4) is 0 Å². The van der Waals surface area contributed by atoms with Crippen LogP contribution in [0.3, 0.4) is 0 Å². The lowest BCUT2D eigenvalue weighted by Gasteiger charge is -2.34. The molecule has 1 aromatic carbocycles. The van der Waals surface area contributed by atoms with E-state index in [4.69, 9.17) is 0 Å². The van der Waals surface area contributed by atoms with Crippen LogP contribution < -0.4 is 5.32 Å². The highest BCUT2D eigenvalue weighted by atomic mass is 32.2. The van der Waals surface area contributed by atoms with Crippen LogP contribution in [0.15, 0.2) is 30.3 Å². The summed E-state index contributed by atoms with van der Waals surface area (Å²) < 4.78 is 23.5. The average Bonchev–Trinajstić information content (AvgIpc) is 2.88. The number of rotatable bonds is 6. The van der Waals surface area contributed by atoms with Crippen molar-refractivity contribution in [1.29, 1.82) is 0 Å². The molecule has 0 bridgehead atoms. The Hall–Kier alpha value is -1.93. The molecular formula is C20H29N3O4S. The predicted octanol–water partition coefficient (Wildman–Crippen LogP) is 0.977. The number of amides is 2. The normalized spacial score (nSPS) is 21.7. The molecule has 8 heteroatoms. The van der Waals surface area contributed by atoms with Crippen LogP contribution >= 0.6 is 0 Å². The molecular weight excluding hydrogens is 378 g/mol. The lowest BCUT2D eigenvalue weighted by Crippen LogP contribution is -2.48. The van der Waals surface area contributed by atoms with E-state index in [-0.39, 0.29) is 23.3 Å². The summed E-state index contributed by atoms with van der Waals surface area (Å²) in [5.74, 6) is 0.165. The first-order valence-corrected chi connectivity index (χ1v) is 11.8. The summed E-state index contributed by atoms with van der Waals surface area (Å²) in [7, 11) is -3.02. The highest BCUT2D eigenvalue weighted by Gasteiger charge is 2.32. The molecule has 0 spiro atoms. The Bertz CT molecular complexity index is 768. The third-order valence-corrected chi connectivity index (χ3v) is 7.07. The van der Waals surface area contributed by atoms with E-state index in [2.05, 4.69) is 5.32 Å². The molecule has 2 saturated heterocycles. The topological polar surface area (TPSA) is 86.8 Å². The summed E-state index contributed by atoms with van der Waals surface area (Å²) in [4.78, 5) is 28.9. The molecule has 3 rings (SSSR count). The van der Waals surface area contributed by atoms with E-state index < -0.39 is 15.9 Å². The average molecular weight is 408 g/mol. The van der Waals surface area contributed by atoms with E-state index in [1.807, 2.05) is 40.1 Å². The van der Waals surface area contributed by atoms with E-state index in [1.165, 1.54) is 0 Å². The molecule has 0 radical (unpaired) electrons. The van der Waals surface area contributed by atoms with E-state index in [9.17, 15) is 18.0 Å². The molecule has 2 amide bonds. The fraction of sp³-hybridized carbons (Fsp3) is 0.600. The van der Waals surface area contributed by atoms with Gasteiger partial charge in [-0.1, -0.05) is 36.8 Å². The van der Waals surface area contributed by atoms with Crippen LogP contribution in [0.2, 0.25) is 0 Å². The zero-order chi connectivity index (χ0) is 20.0. The van der Waals surface area contributed by atoms with Gasteiger partial charge in [0.25, 0.3) is 0 Å². The molecule has 7 nitrogen and oxygen atoms in total. The van der Waals surface area contributed by atoms with Crippen LogP contribution in [0, 0.1) is 0 Å². The largest absolute Gasteiger partial charge is 0.353 e. The highest BCUT2D eigenvalue weighted by molar-refractivity contribution is 7.91. The molecule has 2 aliphatic rings. The number of carbonyl (C=O) groups excluding carboxylic acids is 2. The number of nitrogens with zero attached hydrogens (tertiary/aromatic N) is 2. The minimum atomic E-state index is -3.02. The Balaban J connectivity index is 1.63. The van der Waals surface area contributed by atoms with Crippen LogP contribution in [0.5, 0.6) is 0 Å². The van der Waals surface area contributed by atoms with Gasteiger partial charge in [-0.15, -0.1) is 0 Å². The molecule has 154 valence electrons. The Morgan fingerprint density at radius 1 is 1.04 bits per heavy atom. The second-order valence-electron chi connectivity index (χ2n) is 7.48. The molecule has 1 unspecified atom stereocenters. The van der Waals surface area contributed by atoms with Crippen molar-refractivity contribution >= 4 is 21.7 Å². The van der Waals surface area contributed by atoms with Crippen molar-refractivity contribution in [2.45, 2.75) is 31.7 Å². The minimum absolute atomic E-state index is 0.0753. The fourth-order valence-electron chi connectivity index (χ4n) is 3.83. The van der Waals surface area contributed by atoms with Gasteiger partial charge >= 0.3 is 0 Å². The van der Waals surface area contributed by atoms with Gasteiger partial charge in [0.15, 0.2) is 9.84 Å². The third-order valence-electron chi connectivity index (χ3n) is 5.46. The van der Waals surface area contributed by atoms with Crippen molar-refractivity contribution < 1.29 is 18.0 Å². The number of likely N-dealkylation sites (tertiary alicyclic amines) is 1. The SMILES string of the molecule is O=C(NCCN1CCCCCC1=O)C(c1ccccc1)N1CCS(=O)(=O)CC1. The van der Waals surface area contributed by atoms with Gasteiger partial charge in [0.1, 0.15) is 6.04 Å². The molecule has 28 heavy (non-hydrogen) atoms. The van der Waals surface area contributed by atoms with E-state index >= 15 is 0 Å². The van der Waals surface area contributed by atoms with Crippen LogP contribution in [-0.2, 0) is 19.4 Å². The predicted molar refractivity (Wildman–Crippen MR) is 107 cm³/mol. The molecule has 2 aliphatic heterocycles. The number of benzene rings is 1. The molecule has 0 aliphatic carbocycles. The number of hydrogen-bond donors (Lipinski definition) is 1. The van der Waals surface area contributed by atoms with E-state index in [1.54, 1.807) is 0 Å². The Morgan fingerprint density at radius 3 is 2.46 bits per heavy atom. The third kappa shape index (κ3) is 5.54. The lowest BCUT2D eigenvalue weighted by atomic mass is 10.0. The quantitative estimate of drug-likeness (QED) is 0.760. The van der Waals surface area contributed by atoms with Gasteiger partial charge in [0, 0.05) is 39.1 Å². The second-order valence-corrected chi connectivity index (χ2v) is 9.79. The second kappa shape index (κ2) is 9.52. The van der Waals surface area contributed by atoms with Gasteiger partial charge in [-0.25, -0.2) is 8.42 Å². The minimum Gasteiger partial charge on any atom is -0.353 e. The van der Waals surface area contributed by atoms with E-state index in [0.717, 1.165) is 31.4 Å². The van der Waals surface area contributed by atoms with Gasteiger partial charge in [-0.05, 0) is 18.4 Å². The maximum Gasteiger partial charge on any atom is 0.242 e. The Morgan fingerprint density at radius 2 is 1.75 bits per heavy atom. The first-order chi connectivity index (χ1) is 13.5. The molecule has 1 atom stereocenters. The van der Waals surface area contributed by atoms with Crippen molar-refractivity contribution in [2.75, 3.05) is 44.2 Å². The van der Waals surface area contributed by atoms with Gasteiger partial charge in [0.2, 0.25) is 11.8 Å². The van der Waals surface area contributed by atoms with Crippen molar-refractivity contribution in [3.63, 3.8) is 0 Å². The maximum atomic E-state index is 13.0. The van der Waals surface area contributed by atoms with E-state index in [0.29, 0.717) is 32.6 Å². The van der Waals surface area contributed by atoms with Crippen LogP contribution in [0.25, 0.3) is 0 Å². The summed E-state index contributed by atoms with van der Waals surface area (Å²) in [6, 6.07) is 8.93. The summed E-state index contributed by atoms with van der Waals surface area (Å²) >= 11 is 0. The summed E-state index contributed by atoms with van der Waals surface area (Å²) in [5.41, 5.74) is 0.852. The first-order valence-electron chi connectivity index (χ1n) is 10.0. The Kier molecular flexibility index (Phi) is 7.07. The molecule has 2 fully saturated rings. The number of nitrogens with one attached hydrogen (secondary N) is 1. The first kappa shape index (κ1) is 20.8. The number of sulfone groups is 1. The Labute approximate surface area is 167 Å². The van der Waals surface area contributed by atoms with Crippen molar-refractivity contribution in [2.24, 2.45) is 0 Å². The van der Waals surface area contributed by atoms with Crippen molar-refractivity contribution in [3.05, 3.63) is 35.9 Å². The van der Waals surface area contributed by atoms with Gasteiger partial charge in [0.05, 0.1) is 11.5 Å². The zero-order valence-corrected chi connectivity index (χ0v) is 17.0. The highest BCUT2D eigenvalue weighted by Crippen LogP contribution is 2.23. The zero-order valence-electron chi connectivity index (χ0n) is 16.2. The summed E-state index contributed by atoms with van der Waals surface area (Å²) in [5, 5.41) is 2.96. The van der Waals surface area contributed by atoms with Gasteiger partial charge < -0.3 is 10.2 Å². The van der Waals surface area contributed by atoms with Crippen LogP contribution in [0.1, 0.15) is 37.3 Å². The summed E-state index contributed by atoms with van der Waals surface area (Å²) in [6.45, 7) is 2.36. The fourth-order valence-corrected chi connectivity index (χ4v) is 5.06. The molecule has 2 heterocycles. The smallest absolute Gasteiger partial charge is 0.242 e. The number of carbonyl (C=O) groups is 2. The maximum absolute atomic E-state index is 13.0. The molecule has 1 aromatic rings. The monoisotopic (exact) mass is 407 g/mol. The van der Waals surface area contributed by atoms with Gasteiger partial charge in [-0.2, -0.15) is 0 Å². The molecule has 1 N–H and O–H groups in total. The van der Waals surface area contributed by atoms with Crippen LogP contribution in [0.4, 0.5) is 0 Å². The number of hydrogen-bond acceptors (Lipinski definition) is 5. The van der Waals surface area contributed by atoms with Crippen LogP contribution in [-0.4, -0.2) is 74.3 Å². The lowest BCUT2D eigenvalue weighted by molar-refractivity contribution is -0.131.